The first-order chi connectivity index (χ1) is 15.9. The average molecular weight is 445 g/mol. The second-order valence-electron chi connectivity index (χ2n) is 7.97. The normalized spacial score (nSPS) is 13.6. The zero-order valence-electron chi connectivity index (χ0n) is 18.8. The van der Waals surface area contributed by atoms with Gasteiger partial charge in [-0.25, -0.2) is 9.29 Å². The molecule has 0 aliphatic carbocycles. The number of hydrogen-bond donors (Lipinski definition) is 1. The molecule has 3 aromatic carbocycles. The maximum Gasteiger partial charge on any atom is 0.282 e. The standard InChI is InChI=1S/C27H25FN2O3/c1-4-14-33-23-11-6-5-10-22(23)30-26(31)24(21-13-12-17(2)15-18(21)3)25(27(30)32)29-20-9-7-8-19(28)16-20/h5-13,15-16,29H,4,14H2,1-3H3. The van der Waals surface area contributed by atoms with Gasteiger partial charge < -0.3 is 10.1 Å². The molecule has 0 radical (unpaired) electrons. The van der Waals surface area contributed by atoms with E-state index in [4.69, 9.17) is 4.74 Å². The molecule has 5 nitrogen and oxygen atoms in total. The van der Waals surface area contributed by atoms with Crippen molar-refractivity contribution in [3.63, 3.8) is 0 Å². The number of carbonyl (C=O) groups is 2. The van der Waals surface area contributed by atoms with Gasteiger partial charge in [-0.15, -0.1) is 0 Å². The van der Waals surface area contributed by atoms with Gasteiger partial charge in [0, 0.05) is 5.69 Å². The Hall–Kier alpha value is -3.93. The zero-order chi connectivity index (χ0) is 23.5. The Morgan fingerprint density at radius 2 is 1.73 bits per heavy atom. The fourth-order valence-corrected chi connectivity index (χ4v) is 3.89. The highest BCUT2D eigenvalue weighted by molar-refractivity contribution is 6.46. The van der Waals surface area contributed by atoms with Crippen molar-refractivity contribution in [3.8, 4) is 5.75 Å². The van der Waals surface area contributed by atoms with Crippen molar-refractivity contribution in [2.24, 2.45) is 0 Å². The van der Waals surface area contributed by atoms with Crippen LogP contribution in [0.15, 0.2) is 72.4 Å². The third-order valence-corrected chi connectivity index (χ3v) is 5.40. The molecule has 1 aliphatic heterocycles. The van der Waals surface area contributed by atoms with Gasteiger partial charge in [-0.1, -0.05) is 48.9 Å². The maximum atomic E-state index is 13.8. The molecule has 0 aromatic heterocycles. The lowest BCUT2D eigenvalue weighted by atomic mass is 9.97. The largest absolute Gasteiger partial charge is 0.491 e. The van der Waals surface area contributed by atoms with Gasteiger partial charge in [0.15, 0.2) is 0 Å². The highest BCUT2D eigenvalue weighted by Gasteiger charge is 2.41. The molecule has 0 saturated heterocycles. The third-order valence-electron chi connectivity index (χ3n) is 5.40. The number of nitrogens with zero attached hydrogens (tertiary/aromatic N) is 1. The van der Waals surface area contributed by atoms with Crippen LogP contribution in [0.25, 0.3) is 5.57 Å². The van der Waals surface area contributed by atoms with Crippen molar-refractivity contribution >= 4 is 28.8 Å². The van der Waals surface area contributed by atoms with Crippen molar-refractivity contribution in [3.05, 3.63) is 94.9 Å². The summed E-state index contributed by atoms with van der Waals surface area (Å²) in [5.74, 6) is -0.973. The summed E-state index contributed by atoms with van der Waals surface area (Å²) in [6, 6.07) is 18.5. The molecule has 1 heterocycles. The molecule has 1 N–H and O–H groups in total. The molecule has 1 aliphatic rings. The summed E-state index contributed by atoms with van der Waals surface area (Å²) in [5, 5.41) is 3.00. The number of imide groups is 1. The lowest BCUT2D eigenvalue weighted by Crippen LogP contribution is -2.32. The van der Waals surface area contributed by atoms with E-state index in [1.165, 1.54) is 12.1 Å². The van der Waals surface area contributed by atoms with Crippen LogP contribution in [-0.2, 0) is 9.59 Å². The topological polar surface area (TPSA) is 58.6 Å². The number of carbonyl (C=O) groups excluding carboxylic acids is 2. The summed E-state index contributed by atoms with van der Waals surface area (Å²) in [5.41, 5.74) is 3.65. The number of nitrogens with one attached hydrogen (secondary N) is 1. The van der Waals surface area contributed by atoms with Crippen molar-refractivity contribution in [1.29, 1.82) is 0 Å². The second-order valence-corrected chi connectivity index (χ2v) is 7.97. The SMILES string of the molecule is CCCOc1ccccc1N1C(=O)C(Nc2cccc(F)c2)=C(c2ccc(C)cc2C)C1=O. The minimum atomic E-state index is -0.521. The molecule has 0 fully saturated rings. The number of aryl methyl sites for hydroxylation is 2. The predicted molar refractivity (Wildman–Crippen MR) is 128 cm³/mol. The van der Waals surface area contributed by atoms with Crippen LogP contribution >= 0.6 is 0 Å². The molecular formula is C27H25FN2O3. The van der Waals surface area contributed by atoms with E-state index in [9.17, 15) is 14.0 Å². The van der Waals surface area contributed by atoms with Crippen LogP contribution in [0.4, 0.5) is 15.8 Å². The summed E-state index contributed by atoms with van der Waals surface area (Å²) in [7, 11) is 0. The Morgan fingerprint density at radius 3 is 2.45 bits per heavy atom. The van der Waals surface area contributed by atoms with Gasteiger partial charge in [0.25, 0.3) is 11.8 Å². The lowest BCUT2D eigenvalue weighted by Gasteiger charge is -2.19. The van der Waals surface area contributed by atoms with Crippen LogP contribution in [0.3, 0.4) is 0 Å². The van der Waals surface area contributed by atoms with E-state index in [0.717, 1.165) is 22.4 Å². The maximum absolute atomic E-state index is 13.8. The Balaban J connectivity index is 1.85. The summed E-state index contributed by atoms with van der Waals surface area (Å²) >= 11 is 0. The van der Waals surface area contributed by atoms with Gasteiger partial charge in [0.1, 0.15) is 17.3 Å². The number of amides is 2. The number of para-hydroxylation sites is 2. The van der Waals surface area contributed by atoms with Crippen LogP contribution in [0, 0.1) is 19.7 Å². The summed E-state index contributed by atoms with van der Waals surface area (Å²) < 4.78 is 19.6. The van der Waals surface area contributed by atoms with E-state index in [0.29, 0.717) is 29.3 Å². The molecule has 0 unspecified atom stereocenters. The predicted octanol–water partition coefficient (Wildman–Crippen LogP) is 5.63. The number of rotatable bonds is 7. The van der Waals surface area contributed by atoms with E-state index < -0.39 is 17.6 Å². The van der Waals surface area contributed by atoms with Crippen LogP contribution < -0.4 is 15.0 Å². The molecule has 0 spiro atoms. The second kappa shape index (κ2) is 9.28. The van der Waals surface area contributed by atoms with E-state index in [2.05, 4.69) is 5.32 Å². The Kier molecular flexibility index (Phi) is 6.27. The van der Waals surface area contributed by atoms with Gasteiger partial charge >= 0.3 is 0 Å². The zero-order valence-corrected chi connectivity index (χ0v) is 18.8. The van der Waals surface area contributed by atoms with Gasteiger partial charge in [-0.2, -0.15) is 0 Å². The molecule has 0 atom stereocenters. The van der Waals surface area contributed by atoms with Crippen molar-refractivity contribution < 1.29 is 18.7 Å². The highest BCUT2D eigenvalue weighted by Crippen LogP contribution is 2.38. The van der Waals surface area contributed by atoms with E-state index >= 15 is 0 Å². The van der Waals surface area contributed by atoms with Crippen LogP contribution in [0.1, 0.15) is 30.0 Å². The number of ether oxygens (including phenoxy) is 1. The van der Waals surface area contributed by atoms with Crippen LogP contribution in [-0.4, -0.2) is 18.4 Å². The number of hydrogen-bond acceptors (Lipinski definition) is 4. The summed E-state index contributed by atoms with van der Waals surface area (Å²) in [6.45, 7) is 6.30. The molecular weight excluding hydrogens is 419 g/mol. The number of halogens is 1. The molecule has 33 heavy (non-hydrogen) atoms. The molecule has 0 bridgehead atoms. The first-order valence-corrected chi connectivity index (χ1v) is 10.9. The molecule has 0 saturated carbocycles. The van der Waals surface area contributed by atoms with Crippen LogP contribution in [0.5, 0.6) is 5.75 Å². The van der Waals surface area contributed by atoms with Crippen molar-refractivity contribution in [2.45, 2.75) is 27.2 Å². The lowest BCUT2D eigenvalue weighted by molar-refractivity contribution is -0.120. The monoisotopic (exact) mass is 444 g/mol. The fourth-order valence-electron chi connectivity index (χ4n) is 3.89. The van der Waals surface area contributed by atoms with Crippen molar-refractivity contribution in [1.82, 2.24) is 0 Å². The molecule has 6 heteroatoms. The Labute approximate surface area is 192 Å². The first kappa shape index (κ1) is 22.3. The van der Waals surface area contributed by atoms with Gasteiger partial charge in [0.2, 0.25) is 0 Å². The Bertz CT molecular complexity index is 1270. The molecule has 2 amide bonds. The van der Waals surface area contributed by atoms with E-state index in [-0.39, 0.29) is 11.3 Å². The highest BCUT2D eigenvalue weighted by atomic mass is 19.1. The van der Waals surface area contributed by atoms with Crippen LogP contribution in [0.2, 0.25) is 0 Å². The minimum absolute atomic E-state index is 0.0999. The first-order valence-electron chi connectivity index (χ1n) is 10.9. The molecule has 4 rings (SSSR count). The smallest absolute Gasteiger partial charge is 0.282 e. The average Bonchev–Trinajstić information content (AvgIpc) is 3.02. The molecule has 168 valence electrons. The Morgan fingerprint density at radius 1 is 0.939 bits per heavy atom. The quantitative estimate of drug-likeness (QED) is 0.480. The summed E-state index contributed by atoms with van der Waals surface area (Å²) in [6.07, 6.45) is 0.786. The summed E-state index contributed by atoms with van der Waals surface area (Å²) in [4.78, 5) is 28.5. The fraction of sp³-hybridized carbons (Fsp3) is 0.185. The van der Waals surface area contributed by atoms with E-state index in [1.54, 1.807) is 36.4 Å². The van der Waals surface area contributed by atoms with Gasteiger partial charge in [0.05, 0.1) is 17.9 Å². The minimum Gasteiger partial charge on any atom is -0.491 e. The molecule has 3 aromatic rings. The van der Waals surface area contributed by atoms with Gasteiger partial charge in [-0.05, 0) is 61.7 Å². The number of anilines is 2. The van der Waals surface area contributed by atoms with Gasteiger partial charge in [-0.3, -0.25) is 9.59 Å². The number of benzene rings is 3. The van der Waals surface area contributed by atoms with E-state index in [1.807, 2.05) is 39.0 Å². The van der Waals surface area contributed by atoms with Crippen molar-refractivity contribution in [2.75, 3.05) is 16.8 Å². The third kappa shape index (κ3) is 4.37.